The topological polar surface area (TPSA) is 33.1 Å². The molecule has 112 valence electrons. The van der Waals surface area contributed by atoms with E-state index in [0.29, 0.717) is 0 Å². The molecule has 1 fully saturated rings. The molecule has 21 heavy (non-hydrogen) atoms. The van der Waals surface area contributed by atoms with Gasteiger partial charge < -0.3 is 9.88 Å². The van der Waals surface area contributed by atoms with E-state index in [9.17, 15) is 0 Å². The first kappa shape index (κ1) is 14.9. The monoisotopic (exact) mass is 324 g/mol. The quantitative estimate of drug-likeness (QED) is 0.942. The van der Waals surface area contributed by atoms with Gasteiger partial charge in [0, 0.05) is 61.2 Å². The average molecular weight is 325 g/mol. The summed E-state index contributed by atoms with van der Waals surface area (Å²) in [5.74, 6) is 1.06. The number of aryl methyl sites for hydroxylation is 1. The van der Waals surface area contributed by atoms with Gasteiger partial charge >= 0.3 is 0 Å². The molecule has 1 atom stereocenters. The third-order valence-corrected chi connectivity index (χ3v) is 4.64. The van der Waals surface area contributed by atoms with Gasteiger partial charge in [0.25, 0.3) is 0 Å². The second kappa shape index (κ2) is 6.36. The molecule has 4 nitrogen and oxygen atoms in total. The zero-order valence-electron chi connectivity index (χ0n) is 11.9. The molecular formula is C15H18Cl2N4. The lowest BCUT2D eigenvalue weighted by Gasteiger charge is -2.36. The molecular weight excluding hydrogens is 307 g/mol. The van der Waals surface area contributed by atoms with Crippen molar-refractivity contribution >= 4 is 23.2 Å². The van der Waals surface area contributed by atoms with Crippen molar-refractivity contribution in [1.29, 1.82) is 0 Å². The third kappa shape index (κ3) is 3.09. The molecule has 6 heteroatoms. The van der Waals surface area contributed by atoms with E-state index >= 15 is 0 Å². The maximum Gasteiger partial charge on any atom is 0.127 e. The van der Waals surface area contributed by atoms with E-state index in [0.717, 1.165) is 47.6 Å². The summed E-state index contributed by atoms with van der Waals surface area (Å²) in [4.78, 5) is 6.87. The number of aromatic nitrogens is 2. The molecule has 1 aromatic carbocycles. The number of piperazine rings is 1. The van der Waals surface area contributed by atoms with Crippen molar-refractivity contribution < 1.29 is 0 Å². The van der Waals surface area contributed by atoms with E-state index in [4.69, 9.17) is 23.2 Å². The summed E-state index contributed by atoms with van der Waals surface area (Å²) < 4.78 is 2.07. The van der Waals surface area contributed by atoms with Gasteiger partial charge in [-0.05, 0) is 12.1 Å². The van der Waals surface area contributed by atoms with Crippen LogP contribution in [0.5, 0.6) is 0 Å². The standard InChI is InChI=1S/C15H18Cl2N4/c1-20-7-6-19-15(20)14-9-18-5-8-21(14)10-11-12(16)3-2-4-13(11)17/h2-4,6-7,14,18H,5,8-10H2,1H3. The normalized spacial score (nSPS) is 19.9. The van der Waals surface area contributed by atoms with Crippen LogP contribution in [0.2, 0.25) is 10.0 Å². The fourth-order valence-electron chi connectivity index (χ4n) is 2.77. The molecule has 2 heterocycles. The van der Waals surface area contributed by atoms with Crippen LogP contribution >= 0.6 is 23.2 Å². The Kier molecular flexibility index (Phi) is 4.50. The summed E-state index contributed by atoms with van der Waals surface area (Å²) >= 11 is 12.6. The number of nitrogens with zero attached hydrogens (tertiary/aromatic N) is 3. The van der Waals surface area contributed by atoms with Crippen LogP contribution in [-0.2, 0) is 13.6 Å². The molecule has 0 saturated carbocycles. The van der Waals surface area contributed by atoms with E-state index in [2.05, 4.69) is 19.8 Å². The lowest BCUT2D eigenvalue weighted by atomic mass is 10.1. The molecule has 0 radical (unpaired) electrons. The Hall–Kier alpha value is -1.07. The molecule has 1 aliphatic heterocycles. The Labute approximate surface area is 134 Å². The van der Waals surface area contributed by atoms with Crippen molar-refractivity contribution in [2.45, 2.75) is 12.6 Å². The Bertz CT molecular complexity index is 606. The highest BCUT2D eigenvalue weighted by Crippen LogP contribution is 2.29. The predicted octanol–water partition coefficient (Wildman–Crippen LogP) is 2.87. The summed E-state index contributed by atoms with van der Waals surface area (Å²) in [5.41, 5.74) is 0.988. The average Bonchev–Trinajstić information content (AvgIpc) is 2.90. The molecule has 3 rings (SSSR count). The van der Waals surface area contributed by atoms with Crippen molar-refractivity contribution in [1.82, 2.24) is 19.8 Å². The van der Waals surface area contributed by atoms with E-state index in [-0.39, 0.29) is 6.04 Å². The lowest BCUT2D eigenvalue weighted by molar-refractivity contribution is 0.145. The predicted molar refractivity (Wildman–Crippen MR) is 85.7 cm³/mol. The molecule has 1 unspecified atom stereocenters. The number of nitrogens with one attached hydrogen (secondary N) is 1. The zero-order chi connectivity index (χ0) is 14.8. The number of halogens is 2. The van der Waals surface area contributed by atoms with Gasteiger partial charge in [-0.3, -0.25) is 4.90 Å². The number of imidazole rings is 1. The van der Waals surface area contributed by atoms with Gasteiger partial charge in [-0.25, -0.2) is 4.98 Å². The lowest BCUT2D eigenvalue weighted by Crippen LogP contribution is -2.46. The third-order valence-electron chi connectivity index (χ3n) is 3.93. The first-order valence-electron chi connectivity index (χ1n) is 7.01. The van der Waals surface area contributed by atoms with Gasteiger partial charge in [0.15, 0.2) is 0 Å². The number of hydrogen-bond acceptors (Lipinski definition) is 3. The zero-order valence-corrected chi connectivity index (χ0v) is 13.4. The van der Waals surface area contributed by atoms with Gasteiger partial charge in [0.05, 0.1) is 6.04 Å². The van der Waals surface area contributed by atoms with E-state index < -0.39 is 0 Å². The highest BCUT2D eigenvalue weighted by molar-refractivity contribution is 6.35. The SMILES string of the molecule is Cn1ccnc1C1CNCCN1Cc1c(Cl)cccc1Cl. The highest BCUT2D eigenvalue weighted by Gasteiger charge is 2.27. The highest BCUT2D eigenvalue weighted by atomic mass is 35.5. The van der Waals surface area contributed by atoms with Crippen LogP contribution in [0.25, 0.3) is 0 Å². The van der Waals surface area contributed by atoms with E-state index in [1.54, 1.807) is 0 Å². The molecule has 1 N–H and O–H groups in total. The molecule has 0 bridgehead atoms. The smallest absolute Gasteiger partial charge is 0.127 e. The first-order valence-corrected chi connectivity index (χ1v) is 7.77. The summed E-state index contributed by atoms with van der Waals surface area (Å²) in [5, 5.41) is 4.88. The van der Waals surface area contributed by atoms with Crippen LogP contribution in [0.4, 0.5) is 0 Å². The maximum absolute atomic E-state index is 6.31. The Balaban J connectivity index is 1.87. The molecule has 1 aromatic heterocycles. The maximum atomic E-state index is 6.31. The van der Waals surface area contributed by atoms with Crippen LogP contribution in [0.15, 0.2) is 30.6 Å². The van der Waals surface area contributed by atoms with Gasteiger partial charge in [-0.1, -0.05) is 29.3 Å². The number of benzene rings is 1. The fourth-order valence-corrected chi connectivity index (χ4v) is 3.29. The molecule has 0 amide bonds. The van der Waals surface area contributed by atoms with Crippen LogP contribution in [0, 0.1) is 0 Å². The van der Waals surface area contributed by atoms with Crippen molar-refractivity contribution in [3.05, 3.63) is 52.0 Å². The summed E-state index contributed by atoms with van der Waals surface area (Å²) in [6.07, 6.45) is 3.81. The van der Waals surface area contributed by atoms with E-state index in [1.165, 1.54) is 0 Å². The van der Waals surface area contributed by atoms with Crippen molar-refractivity contribution in [2.75, 3.05) is 19.6 Å². The van der Waals surface area contributed by atoms with Gasteiger partial charge in [-0.2, -0.15) is 0 Å². The van der Waals surface area contributed by atoms with Crippen LogP contribution in [0.1, 0.15) is 17.4 Å². The fraction of sp³-hybridized carbons (Fsp3) is 0.400. The molecule has 2 aromatic rings. The largest absolute Gasteiger partial charge is 0.337 e. The van der Waals surface area contributed by atoms with Gasteiger partial charge in [-0.15, -0.1) is 0 Å². The Morgan fingerprint density at radius 2 is 2.10 bits per heavy atom. The second-order valence-electron chi connectivity index (χ2n) is 5.29. The first-order chi connectivity index (χ1) is 10.2. The summed E-state index contributed by atoms with van der Waals surface area (Å²) in [7, 11) is 2.03. The van der Waals surface area contributed by atoms with Crippen molar-refractivity contribution in [3.8, 4) is 0 Å². The van der Waals surface area contributed by atoms with Crippen LogP contribution < -0.4 is 5.32 Å². The Morgan fingerprint density at radius 3 is 2.76 bits per heavy atom. The Morgan fingerprint density at radius 1 is 1.33 bits per heavy atom. The molecule has 0 spiro atoms. The minimum absolute atomic E-state index is 0.228. The summed E-state index contributed by atoms with van der Waals surface area (Å²) in [6, 6.07) is 5.88. The number of hydrogen-bond donors (Lipinski definition) is 1. The molecule has 1 aliphatic rings. The second-order valence-corrected chi connectivity index (χ2v) is 6.10. The van der Waals surface area contributed by atoms with Crippen molar-refractivity contribution in [3.63, 3.8) is 0 Å². The van der Waals surface area contributed by atoms with Gasteiger partial charge in [0.2, 0.25) is 0 Å². The van der Waals surface area contributed by atoms with Gasteiger partial charge in [0.1, 0.15) is 5.82 Å². The molecule has 0 aliphatic carbocycles. The minimum Gasteiger partial charge on any atom is -0.337 e. The van der Waals surface area contributed by atoms with Crippen LogP contribution in [-0.4, -0.2) is 34.1 Å². The van der Waals surface area contributed by atoms with E-state index in [1.807, 2.05) is 37.6 Å². The minimum atomic E-state index is 0.228. The number of rotatable bonds is 3. The molecule has 1 saturated heterocycles. The van der Waals surface area contributed by atoms with Crippen LogP contribution in [0.3, 0.4) is 0 Å². The van der Waals surface area contributed by atoms with Crippen molar-refractivity contribution in [2.24, 2.45) is 7.05 Å². The summed E-state index contributed by atoms with van der Waals surface area (Å²) in [6.45, 7) is 3.52.